The third kappa shape index (κ3) is 4.45. The van der Waals surface area contributed by atoms with Gasteiger partial charge in [0.05, 0.1) is 23.0 Å². The molecule has 1 atom stereocenters. The van der Waals surface area contributed by atoms with E-state index in [9.17, 15) is 4.79 Å². The number of amides is 1. The third-order valence-electron chi connectivity index (χ3n) is 5.53. The number of benzene rings is 1. The Morgan fingerprint density at radius 3 is 2.78 bits per heavy atom. The van der Waals surface area contributed by atoms with Crippen LogP contribution in [-0.4, -0.2) is 47.1 Å². The average molecular weight is 430 g/mol. The standard InChI is InChI=1S/C24H27N7O/c1-3-27-23(25)21-16(2)31(19-7-6-13-26-15-19)30-22(21)17-9-11-18(12-10-17)24(32)29-20-8-4-5-14-28-20/h3-5,8-12,14,19,25-26,30H,2,6-7,13,15H2,1H3,(H,28,29,32)/t19-/m1/s1. The van der Waals surface area contributed by atoms with Crippen LogP contribution in [0, 0.1) is 5.41 Å². The van der Waals surface area contributed by atoms with Gasteiger partial charge < -0.3 is 10.6 Å². The molecule has 2 aliphatic heterocycles. The minimum absolute atomic E-state index is 0.156. The Balaban J connectivity index is 1.59. The second-order valence-electron chi connectivity index (χ2n) is 7.66. The highest BCUT2D eigenvalue weighted by atomic mass is 16.1. The van der Waals surface area contributed by atoms with Crippen LogP contribution in [0.3, 0.4) is 0 Å². The second kappa shape index (κ2) is 9.57. The summed E-state index contributed by atoms with van der Waals surface area (Å²) in [5, 5.41) is 16.7. The molecule has 2 aliphatic rings. The highest BCUT2D eigenvalue weighted by Crippen LogP contribution is 2.33. The zero-order valence-electron chi connectivity index (χ0n) is 18.1. The molecule has 4 rings (SSSR count). The van der Waals surface area contributed by atoms with Crippen molar-refractivity contribution in [1.82, 2.24) is 20.7 Å². The van der Waals surface area contributed by atoms with Gasteiger partial charge >= 0.3 is 0 Å². The van der Waals surface area contributed by atoms with Gasteiger partial charge in [-0.25, -0.2) is 9.98 Å². The van der Waals surface area contributed by atoms with Gasteiger partial charge in [0.2, 0.25) is 0 Å². The van der Waals surface area contributed by atoms with Crippen LogP contribution in [0.1, 0.15) is 35.7 Å². The summed E-state index contributed by atoms with van der Waals surface area (Å²) in [7, 11) is 0. The fraction of sp³-hybridized carbons (Fsp3) is 0.250. The van der Waals surface area contributed by atoms with E-state index in [-0.39, 0.29) is 17.8 Å². The number of aromatic nitrogens is 1. The van der Waals surface area contributed by atoms with E-state index in [0.717, 1.165) is 42.9 Å². The molecule has 1 aromatic carbocycles. The van der Waals surface area contributed by atoms with E-state index in [1.807, 2.05) is 23.2 Å². The molecule has 164 valence electrons. The van der Waals surface area contributed by atoms with E-state index >= 15 is 0 Å². The lowest BCUT2D eigenvalue weighted by Gasteiger charge is -2.34. The van der Waals surface area contributed by atoms with Crippen molar-refractivity contribution in [3.05, 3.63) is 77.6 Å². The quantitative estimate of drug-likeness (QED) is 0.432. The van der Waals surface area contributed by atoms with Crippen LogP contribution < -0.4 is 16.1 Å². The van der Waals surface area contributed by atoms with Crippen molar-refractivity contribution in [1.29, 1.82) is 5.41 Å². The molecule has 32 heavy (non-hydrogen) atoms. The van der Waals surface area contributed by atoms with Crippen LogP contribution in [0.25, 0.3) is 5.70 Å². The summed E-state index contributed by atoms with van der Waals surface area (Å²) >= 11 is 0. The normalized spacial score (nSPS) is 18.7. The molecular weight excluding hydrogens is 402 g/mol. The minimum Gasteiger partial charge on any atom is -0.315 e. The van der Waals surface area contributed by atoms with Gasteiger partial charge in [-0.05, 0) is 50.6 Å². The van der Waals surface area contributed by atoms with Crippen LogP contribution in [0.2, 0.25) is 0 Å². The molecule has 0 unspecified atom stereocenters. The predicted molar refractivity (Wildman–Crippen MR) is 127 cm³/mol. The summed E-state index contributed by atoms with van der Waals surface area (Å²) in [6.07, 6.45) is 5.37. The molecule has 0 bridgehead atoms. The number of carbonyl (C=O) groups is 1. The molecule has 0 aliphatic carbocycles. The Morgan fingerprint density at radius 1 is 1.31 bits per heavy atom. The van der Waals surface area contributed by atoms with Gasteiger partial charge in [0.15, 0.2) is 5.84 Å². The first kappa shape index (κ1) is 21.5. The van der Waals surface area contributed by atoms with Gasteiger partial charge in [0.25, 0.3) is 5.91 Å². The molecule has 3 heterocycles. The lowest BCUT2D eigenvalue weighted by molar-refractivity contribution is 0.102. The summed E-state index contributed by atoms with van der Waals surface area (Å²) in [5.74, 6) is 0.428. The summed E-state index contributed by atoms with van der Waals surface area (Å²) < 4.78 is 0. The van der Waals surface area contributed by atoms with Crippen molar-refractivity contribution in [2.45, 2.75) is 25.8 Å². The summed E-state index contributed by atoms with van der Waals surface area (Å²) in [4.78, 5) is 20.9. The van der Waals surface area contributed by atoms with Crippen LogP contribution in [0.4, 0.5) is 5.82 Å². The maximum Gasteiger partial charge on any atom is 0.256 e. The number of aliphatic imine (C=N–C) groups is 1. The number of rotatable bonds is 5. The summed E-state index contributed by atoms with van der Waals surface area (Å²) in [6, 6.07) is 12.9. The zero-order chi connectivity index (χ0) is 22.5. The molecule has 0 spiro atoms. The largest absolute Gasteiger partial charge is 0.315 e. The van der Waals surface area contributed by atoms with Crippen molar-refractivity contribution in [3.63, 3.8) is 0 Å². The molecule has 1 fully saturated rings. The molecule has 1 saturated heterocycles. The SMILES string of the molecule is C=C1C(C(=N)N=CC)=C(c2ccc(C(=O)Nc3ccccn3)cc2)NN1[C@@H]1CCCNC1. The van der Waals surface area contributed by atoms with Gasteiger partial charge in [-0.3, -0.25) is 20.6 Å². The van der Waals surface area contributed by atoms with Crippen molar-refractivity contribution in [2.24, 2.45) is 4.99 Å². The first-order chi connectivity index (χ1) is 15.6. The van der Waals surface area contributed by atoms with E-state index < -0.39 is 0 Å². The van der Waals surface area contributed by atoms with Crippen LogP contribution in [0.15, 0.2) is 71.5 Å². The molecule has 1 amide bonds. The van der Waals surface area contributed by atoms with Gasteiger partial charge in [0.1, 0.15) is 5.82 Å². The summed E-state index contributed by atoms with van der Waals surface area (Å²) in [6.45, 7) is 7.91. The van der Waals surface area contributed by atoms with Crippen molar-refractivity contribution in [2.75, 3.05) is 18.4 Å². The highest BCUT2D eigenvalue weighted by molar-refractivity contribution is 6.10. The lowest BCUT2D eigenvalue weighted by Crippen LogP contribution is -2.48. The molecular formula is C24H27N7O. The van der Waals surface area contributed by atoms with Crippen molar-refractivity contribution >= 4 is 29.5 Å². The van der Waals surface area contributed by atoms with Crippen molar-refractivity contribution < 1.29 is 4.79 Å². The fourth-order valence-electron chi connectivity index (χ4n) is 3.95. The number of carbonyl (C=O) groups excluding carboxylic acids is 1. The molecule has 8 heteroatoms. The van der Waals surface area contributed by atoms with E-state index in [4.69, 9.17) is 5.41 Å². The van der Waals surface area contributed by atoms with Gasteiger partial charge in [-0.2, -0.15) is 0 Å². The van der Waals surface area contributed by atoms with E-state index in [1.54, 1.807) is 43.6 Å². The topological polar surface area (TPSA) is 106 Å². The Morgan fingerprint density at radius 2 is 2.12 bits per heavy atom. The molecule has 1 aromatic heterocycles. The molecule has 0 saturated carbocycles. The summed E-state index contributed by atoms with van der Waals surface area (Å²) in [5.41, 5.74) is 7.01. The maximum atomic E-state index is 12.6. The predicted octanol–water partition coefficient (Wildman–Crippen LogP) is 3.20. The smallest absolute Gasteiger partial charge is 0.256 e. The second-order valence-corrected chi connectivity index (χ2v) is 7.66. The Labute approximate surface area is 187 Å². The number of hydrogen-bond acceptors (Lipinski definition) is 6. The number of pyridine rings is 1. The number of hydrogen-bond donors (Lipinski definition) is 4. The molecule has 2 aromatic rings. The molecule has 4 N–H and O–H groups in total. The van der Waals surface area contributed by atoms with Crippen LogP contribution in [-0.2, 0) is 0 Å². The Hall–Kier alpha value is -3.78. The fourth-order valence-corrected chi connectivity index (χ4v) is 3.95. The minimum atomic E-state index is -0.230. The highest BCUT2D eigenvalue weighted by Gasteiger charge is 2.33. The van der Waals surface area contributed by atoms with E-state index in [2.05, 4.69) is 32.6 Å². The van der Waals surface area contributed by atoms with Crippen molar-refractivity contribution in [3.8, 4) is 0 Å². The Kier molecular flexibility index (Phi) is 6.42. The van der Waals surface area contributed by atoms with Crippen LogP contribution >= 0.6 is 0 Å². The first-order valence-corrected chi connectivity index (χ1v) is 10.7. The number of nitrogens with one attached hydrogen (secondary N) is 4. The Bertz CT molecular complexity index is 1070. The van der Waals surface area contributed by atoms with E-state index in [0.29, 0.717) is 17.0 Å². The average Bonchev–Trinajstić information content (AvgIpc) is 3.17. The van der Waals surface area contributed by atoms with Gasteiger partial charge in [-0.1, -0.05) is 24.8 Å². The number of nitrogens with zero attached hydrogens (tertiary/aromatic N) is 3. The number of amidine groups is 1. The zero-order valence-corrected chi connectivity index (χ0v) is 18.1. The lowest BCUT2D eigenvalue weighted by atomic mass is 10.0. The van der Waals surface area contributed by atoms with Gasteiger partial charge in [0, 0.05) is 30.1 Å². The van der Waals surface area contributed by atoms with Gasteiger partial charge in [-0.15, -0.1) is 0 Å². The monoisotopic (exact) mass is 429 g/mol. The maximum absolute atomic E-state index is 12.6. The number of piperidine rings is 1. The molecule has 0 radical (unpaired) electrons. The van der Waals surface area contributed by atoms with Crippen LogP contribution in [0.5, 0.6) is 0 Å². The first-order valence-electron chi connectivity index (χ1n) is 10.7. The number of hydrazine groups is 1. The van der Waals surface area contributed by atoms with E-state index in [1.165, 1.54) is 0 Å². The molecule has 8 nitrogen and oxygen atoms in total. The third-order valence-corrected chi connectivity index (χ3v) is 5.53. The number of anilines is 1.